The molecule has 1 aliphatic heterocycles. The maximum absolute atomic E-state index is 12.0. The van der Waals surface area contributed by atoms with Crippen LogP contribution in [0, 0.1) is 11.8 Å². The molecule has 1 fully saturated rings. The van der Waals surface area contributed by atoms with Gasteiger partial charge in [-0.2, -0.15) is 5.10 Å². The van der Waals surface area contributed by atoms with Crippen LogP contribution in [0.4, 0.5) is 0 Å². The van der Waals surface area contributed by atoms with Crippen molar-refractivity contribution in [2.75, 3.05) is 13.6 Å². The van der Waals surface area contributed by atoms with E-state index in [-0.39, 0.29) is 5.92 Å². The smallest absolute Gasteiger partial charge is 0.226 e. The normalized spacial score (nSPS) is 29.9. The Bertz CT molecular complexity index is 398. The average molecular weight is 205 g/mol. The number of likely N-dealkylation sites (tertiary alicyclic amines) is 1. The molecule has 3 rings (SSSR count). The fraction of sp³-hybridized carbons (Fsp3) is 0.636. The lowest BCUT2D eigenvalue weighted by Crippen LogP contribution is -2.46. The van der Waals surface area contributed by atoms with Crippen LogP contribution < -0.4 is 0 Å². The maximum Gasteiger partial charge on any atom is 0.226 e. The van der Waals surface area contributed by atoms with E-state index in [9.17, 15) is 4.79 Å². The molecule has 2 atom stereocenters. The summed E-state index contributed by atoms with van der Waals surface area (Å²) in [6, 6.07) is 0. The van der Waals surface area contributed by atoms with Crippen molar-refractivity contribution in [3.8, 4) is 0 Å². The molecule has 2 heterocycles. The van der Waals surface area contributed by atoms with Crippen LogP contribution in [0.15, 0.2) is 6.20 Å². The van der Waals surface area contributed by atoms with Gasteiger partial charge >= 0.3 is 0 Å². The van der Waals surface area contributed by atoms with Crippen molar-refractivity contribution in [3.05, 3.63) is 17.5 Å². The van der Waals surface area contributed by atoms with Gasteiger partial charge < -0.3 is 4.90 Å². The van der Waals surface area contributed by atoms with Gasteiger partial charge in [-0.15, -0.1) is 0 Å². The number of hydrogen-bond donors (Lipinski definition) is 1. The van der Waals surface area contributed by atoms with Gasteiger partial charge in [-0.25, -0.2) is 0 Å². The molecule has 0 radical (unpaired) electrons. The van der Waals surface area contributed by atoms with Gasteiger partial charge in [-0.05, 0) is 30.7 Å². The van der Waals surface area contributed by atoms with Gasteiger partial charge in [0.25, 0.3) is 0 Å². The van der Waals surface area contributed by atoms with Crippen LogP contribution in [0.2, 0.25) is 0 Å². The summed E-state index contributed by atoms with van der Waals surface area (Å²) in [6.45, 7) is 0.906. The molecular weight excluding hydrogens is 190 g/mol. The number of fused-ring (bicyclic) bond motifs is 2. The number of H-pyrrole nitrogens is 1. The maximum atomic E-state index is 12.0. The fourth-order valence-corrected chi connectivity index (χ4v) is 2.84. The monoisotopic (exact) mass is 205 g/mol. The van der Waals surface area contributed by atoms with Crippen LogP contribution >= 0.6 is 0 Å². The molecule has 1 aliphatic carbocycles. The number of aromatic amines is 1. The first-order valence-electron chi connectivity index (χ1n) is 5.52. The van der Waals surface area contributed by atoms with Crippen molar-refractivity contribution in [3.63, 3.8) is 0 Å². The number of piperidine rings is 1. The van der Waals surface area contributed by atoms with Crippen molar-refractivity contribution in [1.82, 2.24) is 15.1 Å². The van der Waals surface area contributed by atoms with Crippen LogP contribution in [0.25, 0.3) is 0 Å². The SMILES string of the molecule is CN1CC[C@H]2Cc3[nH]ncc3C[C@@H]2C1=O. The average Bonchev–Trinajstić information content (AvgIpc) is 2.68. The van der Waals surface area contributed by atoms with Gasteiger partial charge in [0, 0.05) is 25.2 Å². The molecule has 0 unspecified atom stereocenters. The number of aromatic nitrogens is 2. The summed E-state index contributed by atoms with van der Waals surface area (Å²) >= 11 is 0. The van der Waals surface area contributed by atoms with E-state index >= 15 is 0 Å². The lowest BCUT2D eigenvalue weighted by Gasteiger charge is -2.38. The second-order valence-corrected chi connectivity index (χ2v) is 4.70. The van der Waals surface area contributed by atoms with E-state index in [4.69, 9.17) is 0 Å². The first kappa shape index (κ1) is 8.95. The standard InChI is InChI=1S/C11H15N3O/c1-14-3-2-7-5-10-8(6-12-13-10)4-9(7)11(14)15/h6-7,9H,2-5H2,1H3,(H,12,13)/t7-,9-/m0/s1. The van der Waals surface area contributed by atoms with Gasteiger partial charge in [0.05, 0.1) is 6.20 Å². The molecule has 4 heteroatoms. The second kappa shape index (κ2) is 3.08. The number of rotatable bonds is 0. The van der Waals surface area contributed by atoms with Crippen molar-refractivity contribution < 1.29 is 4.79 Å². The lowest BCUT2D eigenvalue weighted by atomic mass is 9.74. The van der Waals surface area contributed by atoms with Crippen molar-refractivity contribution in [2.24, 2.45) is 11.8 Å². The molecule has 80 valence electrons. The minimum Gasteiger partial charge on any atom is -0.345 e. The van der Waals surface area contributed by atoms with Gasteiger partial charge in [0.2, 0.25) is 5.91 Å². The largest absolute Gasteiger partial charge is 0.345 e. The van der Waals surface area contributed by atoms with E-state index in [1.165, 1.54) is 11.3 Å². The lowest BCUT2D eigenvalue weighted by molar-refractivity contribution is -0.139. The minimum absolute atomic E-state index is 0.203. The second-order valence-electron chi connectivity index (χ2n) is 4.70. The zero-order valence-corrected chi connectivity index (χ0v) is 8.86. The summed E-state index contributed by atoms with van der Waals surface area (Å²) in [5.74, 6) is 1.05. The van der Waals surface area contributed by atoms with Crippen molar-refractivity contribution >= 4 is 5.91 Å². The molecule has 2 aliphatic rings. The van der Waals surface area contributed by atoms with Crippen LogP contribution in [0.3, 0.4) is 0 Å². The fourth-order valence-electron chi connectivity index (χ4n) is 2.84. The van der Waals surface area contributed by atoms with Crippen LogP contribution in [-0.4, -0.2) is 34.6 Å². The number of carbonyl (C=O) groups excluding carboxylic acids is 1. The summed E-state index contributed by atoms with van der Waals surface area (Å²) in [5.41, 5.74) is 2.48. The molecule has 0 spiro atoms. The molecule has 0 bridgehead atoms. The summed E-state index contributed by atoms with van der Waals surface area (Å²) in [7, 11) is 1.91. The highest BCUT2D eigenvalue weighted by atomic mass is 16.2. The Morgan fingerprint density at radius 1 is 1.53 bits per heavy atom. The number of hydrogen-bond acceptors (Lipinski definition) is 2. The van der Waals surface area contributed by atoms with Gasteiger partial charge in [0.15, 0.2) is 0 Å². The zero-order valence-electron chi connectivity index (χ0n) is 8.86. The van der Waals surface area contributed by atoms with Gasteiger partial charge in [-0.1, -0.05) is 0 Å². The quantitative estimate of drug-likeness (QED) is 0.674. The third-order valence-electron chi connectivity index (χ3n) is 3.81. The first-order valence-corrected chi connectivity index (χ1v) is 5.52. The molecule has 4 nitrogen and oxygen atoms in total. The third kappa shape index (κ3) is 1.28. The molecule has 1 amide bonds. The van der Waals surface area contributed by atoms with Crippen molar-refractivity contribution in [1.29, 1.82) is 0 Å². The highest BCUT2D eigenvalue weighted by molar-refractivity contribution is 5.80. The Morgan fingerprint density at radius 2 is 2.40 bits per heavy atom. The topological polar surface area (TPSA) is 49.0 Å². The van der Waals surface area contributed by atoms with E-state index in [2.05, 4.69) is 10.2 Å². The van der Waals surface area contributed by atoms with E-state index in [1.807, 2.05) is 18.1 Å². The highest BCUT2D eigenvalue weighted by Crippen LogP contribution is 2.35. The van der Waals surface area contributed by atoms with Gasteiger partial charge in [-0.3, -0.25) is 9.89 Å². The van der Waals surface area contributed by atoms with E-state index in [0.29, 0.717) is 11.8 Å². The predicted octanol–water partition coefficient (Wildman–Crippen LogP) is 0.603. The summed E-state index contributed by atoms with van der Waals surface area (Å²) in [4.78, 5) is 13.9. The number of nitrogens with zero attached hydrogens (tertiary/aromatic N) is 2. The van der Waals surface area contributed by atoms with Gasteiger partial charge in [0.1, 0.15) is 0 Å². The first-order chi connectivity index (χ1) is 7.25. The Hall–Kier alpha value is -1.32. The minimum atomic E-state index is 0.203. The molecule has 0 aromatic carbocycles. The molecule has 0 saturated carbocycles. The molecular formula is C11H15N3O. The van der Waals surface area contributed by atoms with E-state index in [1.54, 1.807) is 0 Å². The van der Waals surface area contributed by atoms with E-state index in [0.717, 1.165) is 25.8 Å². The highest BCUT2D eigenvalue weighted by Gasteiger charge is 2.38. The summed E-state index contributed by atoms with van der Waals surface area (Å²) in [5, 5.41) is 7.10. The molecule has 1 saturated heterocycles. The number of amides is 1. The van der Waals surface area contributed by atoms with Crippen molar-refractivity contribution in [2.45, 2.75) is 19.3 Å². The predicted molar refractivity (Wildman–Crippen MR) is 55.2 cm³/mol. The Balaban J connectivity index is 1.92. The zero-order chi connectivity index (χ0) is 10.4. The third-order valence-corrected chi connectivity index (χ3v) is 3.81. The Labute approximate surface area is 88.7 Å². The molecule has 1 aromatic heterocycles. The van der Waals surface area contributed by atoms with Crippen LogP contribution in [0.1, 0.15) is 17.7 Å². The molecule has 15 heavy (non-hydrogen) atoms. The molecule has 1 N–H and O–H groups in total. The van der Waals surface area contributed by atoms with Crippen LogP contribution in [-0.2, 0) is 17.6 Å². The number of nitrogens with one attached hydrogen (secondary N) is 1. The summed E-state index contributed by atoms with van der Waals surface area (Å²) < 4.78 is 0. The van der Waals surface area contributed by atoms with Crippen LogP contribution in [0.5, 0.6) is 0 Å². The molecule has 1 aromatic rings. The Kier molecular flexibility index (Phi) is 1.84. The Morgan fingerprint density at radius 3 is 3.27 bits per heavy atom. The summed E-state index contributed by atoms with van der Waals surface area (Å²) in [6.07, 6.45) is 4.87. The number of carbonyl (C=O) groups is 1. The van der Waals surface area contributed by atoms with E-state index < -0.39 is 0 Å².